The summed E-state index contributed by atoms with van der Waals surface area (Å²) in [5.74, 6) is 1.50. The van der Waals surface area contributed by atoms with Crippen LogP contribution in [-0.4, -0.2) is 28.8 Å². The second-order valence-corrected chi connectivity index (χ2v) is 5.42. The molecule has 3 heteroatoms. The summed E-state index contributed by atoms with van der Waals surface area (Å²) in [5.41, 5.74) is 0. The zero-order chi connectivity index (χ0) is 10.3. The van der Waals surface area contributed by atoms with Gasteiger partial charge in [-0.05, 0) is 25.8 Å². The summed E-state index contributed by atoms with van der Waals surface area (Å²) in [7, 11) is -0.677. The van der Waals surface area contributed by atoms with Crippen molar-refractivity contribution in [3.8, 4) is 0 Å². The smallest absolute Gasteiger partial charge is 0.0383 e. The molecule has 0 spiro atoms. The minimum absolute atomic E-state index is 0.380. The molecule has 3 unspecified atom stereocenters. The molecule has 0 heterocycles. The van der Waals surface area contributed by atoms with Crippen LogP contribution in [0.3, 0.4) is 0 Å². The Hall–Kier alpha value is 0.110. The van der Waals surface area contributed by atoms with E-state index in [0.717, 1.165) is 18.2 Å². The van der Waals surface area contributed by atoms with Crippen LogP contribution in [0.4, 0.5) is 0 Å². The third kappa shape index (κ3) is 8.44. The summed E-state index contributed by atoms with van der Waals surface area (Å²) < 4.78 is 10.9. The molecule has 0 amide bonds. The van der Waals surface area contributed by atoms with Crippen molar-refractivity contribution >= 4 is 10.8 Å². The predicted molar refractivity (Wildman–Crippen MR) is 60.5 cm³/mol. The van der Waals surface area contributed by atoms with E-state index in [1.165, 1.54) is 12.8 Å². The summed E-state index contributed by atoms with van der Waals surface area (Å²) in [5, 5.41) is 3.41. The average molecular weight is 205 g/mol. The molecule has 0 aromatic heterocycles. The molecule has 0 aliphatic heterocycles. The summed E-state index contributed by atoms with van der Waals surface area (Å²) >= 11 is 0. The molecule has 1 N–H and O–H groups in total. The Labute approximate surface area is 84.9 Å². The van der Waals surface area contributed by atoms with Gasteiger partial charge in [0.15, 0.2) is 0 Å². The largest absolute Gasteiger partial charge is 0.313 e. The van der Waals surface area contributed by atoms with Crippen LogP contribution in [0, 0.1) is 5.92 Å². The van der Waals surface area contributed by atoms with E-state index in [2.05, 4.69) is 26.1 Å². The van der Waals surface area contributed by atoms with Crippen molar-refractivity contribution in [1.29, 1.82) is 0 Å². The van der Waals surface area contributed by atoms with Crippen LogP contribution in [0.15, 0.2) is 0 Å². The van der Waals surface area contributed by atoms with Crippen LogP contribution in [0.1, 0.15) is 33.6 Å². The summed E-state index contributed by atoms with van der Waals surface area (Å²) in [6.07, 6.45) is 4.28. The Morgan fingerprint density at radius 2 is 2.00 bits per heavy atom. The lowest BCUT2D eigenvalue weighted by atomic mass is 10.1. The molecule has 0 fully saturated rings. The Kier molecular flexibility index (Phi) is 7.57. The van der Waals surface area contributed by atoms with Crippen molar-refractivity contribution in [3.63, 3.8) is 0 Å². The molecule has 0 bridgehead atoms. The minimum Gasteiger partial charge on any atom is -0.313 e. The summed E-state index contributed by atoms with van der Waals surface area (Å²) in [6, 6.07) is 0.380. The third-order valence-corrected chi connectivity index (χ3v) is 3.05. The zero-order valence-corrected chi connectivity index (χ0v) is 10.1. The van der Waals surface area contributed by atoms with E-state index in [1.54, 1.807) is 6.26 Å². The number of hydrogen-bond acceptors (Lipinski definition) is 2. The minimum atomic E-state index is -0.677. The predicted octanol–water partition coefficient (Wildman–Crippen LogP) is 1.78. The standard InChI is InChI=1S/C10H23NOS/c1-5-6-9(2)7-11-10(3)8-13(4)12/h9-11H,5-8H2,1-4H3. The highest BCUT2D eigenvalue weighted by Gasteiger charge is 2.05. The van der Waals surface area contributed by atoms with E-state index in [1.807, 2.05) is 0 Å². The Morgan fingerprint density at radius 1 is 1.38 bits per heavy atom. The maximum absolute atomic E-state index is 10.9. The van der Waals surface area contributed by atoms with E-state index in [4.69, 9.17) is 0 Å². The first-order valence-corrected chi connectivity index (χ1v) is 6.82. The van der Waals surface area contributed by atoms with E-state index in [0.29, 0.717) is 6.04 Å². The van der Waals surface area contributed by atoms with Crippen molar-refractivity contribution in [2.75, 3.05) is 18.6 Å². The van der Waals surface area contributed by atoms with Crippen LogP contribution in [0.25, 0.3) is 0 Å². The quantitative estimate of drug-likeness (QED) is 0.686. The average Bonchev–Trinajstić information content (AvgIpc) is 2.00. The molecule has 0 aliphatic carbocycles. The SMILES string of the molecule is CCCC(C)CNC(C)CS(C)=O. The molecule has 0 aromatic carbocycles. The van der Waals surface area contributed by atoms with Gasteiger partial charge in [-0.25, -0.2) is 0 Å². The molecule has 0 saturated carbocycles. The van der Waals surface area contributed by atoms with E-state index < -0.39 is 10.8 Å². The van der Waals surface area contributed by atoms with Gasteiger partial charge in [0.2, 0.25) is 0 Å². The number of nitrogens with one attached hydrogen (secondary N) is 1. The Balaban J connectivity index is 3.45. The van der Waals surface area contributed by atoms with Crippen LogP contribution >= 0.6 is 0 Å². The van der Waals surface area contributed by atoms with E-state index >= 15 is 0 Å². The Bertz CT molecular complexity index is 150. The molecule has 0 rings (SSSR count). The fraction of sp³-hybridized carbons (Fsp3) is 1.00. The second-order valence-electron chi connectivity index (χ2n) is 3.94. The van der Waals surface area contributed by atoms with Crippen LogP contribution < -0.4 is 5.32 Å². The van der Waals surface area contributed by atoms with Crippen LogP contribution in [-0.2, 0) is 10.8 Å². The van der Waals surface area contributed by atoms with Gasteiger partial charge in [-0.1, -0.05) is 20.3 Å². The van der Waals surface area contributed by atoms with Gasteiger partial charge in [0, 0.05) is 28.9 Å². The van der Waals surface area contributed by atoms with Crippen LogP contribution in [0.2, 0.25) is 0 Å². The van der Waals surface area contributed by atoms with Gasteiger partial charge in [0.05, 0.1) is 0 Å². The molecule has 80 valence electrons. The van der Waals surface area contributed by atoms with Gasteiger partial charge in [0.25, 0.3) is 0 Å². The topological polar surface area (TPSA) is 29.1 Å². The maximum Gasteiger partial charge on any atom is 0.0383 e. The normalized spacial score (nSPS) is 18.2. The maximum atomic E-state index is 10.9. The lowest BCUT2D eigenvalue weighted by molar-refractivity contribution is 0.451. The van der Waals surface area contributed by atoms with Gasteiger partial charge in [0.1, 0.15) is 0 Å². The van der Waals surface area contributed by atoms with Crippen molar-refractivity contribution in [3.05, 3.63) is 0 Å². The molecular weight excluding hydrogens is 182 g/mol. The van der Waals surface area contributed by atoms with Gasteiger partial charge >= 0.3 is 0 Å². The second kappa shape index (κ2) is 7.51. The first-order valence-electron chi connectivity index (χ1n) is 5.09. The molecule has 3 atom stereocenters. The first kappa shape index (κ1) is 13.1. The fourth-order valence-electron chi connectivity index (χ4n) is 1.41. The molecule has 0 radical (unpaired) electrons. The lowest BCUT2D eigenvalue weighted by Crippen LogP contribution is -2.34. The highest BCUT2D eigenvalue weighted by molar-refractivity contribution is 7.84. The van der Waals surface area contributed by atoms with E-state index in [-0.39, 0.29) is 0 Å². The monoisotopic (exact) mass is 205 g/mol. The third-order valence-electron chi connectivity index (χ3n) is 2.08. The molecule has 13 heavy (non-hydrogen) atoms. The highest BCUT2D eigenvalue weighted by atomic mass is 32.2. The van der Waals surface area contributed by atoms with Gasteiger partial charge in [-0.3, -0.25) is 4.21 Å². The Morgan fingerprint density at radius 3 is 2.46 bits per heavy atom. The summed E-state index contributed by atoms with van der Waals surface area (Å²) in [6.45, 7) is 7.61. The molecule has 2 nitrogen and oxygen atoms in total. The molecule has 0 aromatic rings. The summed E-state index contributed by atoms with van der Waals surface area (Å²) in [4.78, 5) is 0. The lowest BCUT2D eigenvalue weighted by Gasteiger charge is -2.16. The van der Waals surface area contributed by atoms with E-state index in [9.17, 15) is 4.21 Å². The molecule has 0 saturated heterocycles. The fourth-order valence-corrected chi connectivity index (χ4v) is 2.23. The number of hydrogen-bond donors (Lipinski definition) is 1. The van der Waals surface area contributed by atoms with Gasteiger partial charge < -0.3 is 5.32 Å². The molecule has 0 aliphatic rings. The van der Waals surface area contributed by atoms with Crippen molar-refractivity contribution in [1.82, 2.24) is 5.32 Å². The zero-order valence-electron chi connectivity index (χ0n) is 9.30. The first-order chi connectivity index (χ1) is 6.06. The van der Waals surface area contributed by atoms with Crippen LogP contribution in [0.5, 0.6) is 0 Å². The van der Waals surface area contributed by atoms with Crippen molar-refractivity contribution < 1.29 is 4.21 Å². The van der Waals surface area contributed by atoms with Gasteiger partial charge in [-0.15, -0.1) is 0 Å². The molecular formula is C10H23NOS. The number of rotatable bonds is 7. The van der Waals surface area contributed by atoms with Gasteiger partial charge in [-0.2, -0.15) is 0 Å². The van der Waals surface area contributed by atoms with Crippen molar-refractivity contribution in [2.24, 2.45) is 5.92 Å². The van der Waals surface area contributed by atoms with Crippen molar-refractivity contribution in [2.45, 2.75) is 39.7 Å². The highest BCUT2D eigenvalue weighted by Crippen LogP contribution is 2.03.